The molecule has 0 amide bonds. The fraction of sp³-hybridized carbons (Fsp3) is 0.368. The maximum absolute atomic E-state index is 5.94. The summed E-state index contributed by atoms with van der Waals surface area (Å²) in [6.45, 7) is 7.71. The molecule has 0 aliphatic heterocycles. The third-order valence-electron chi connectivity index (χ3n) is 4.13. The first-order valence-corrected chi connectivity index (χ1v) is 7.57. The summed E-state index contributed by atoms with van der Waals surface area (Å²) in [5, 5.41) is 0. The lowest BCUT2D eigenvalue weighted by Gasteiger charge is -2.18. The highest BCUT2D eigenvalue weighted by molar-refractivity contribution is 5.34. The number of rotatable bonds is 6. The van der Waals surface area contributed by atoms with Crippen molar-refractivity contribution in [2.24, 2.45) is 5.73 Å². The van der Waals surface area contributed by atoms with E-state index in [1.54, 1.807) is 0 Å². The number of benzene rings is 2. The lowest BCUT2D eigenvalue weighted by atomic mass is 9.92. The zero-order valence-corrected chi connectivity index (χ0v) is 13.2. The maximum atomic E-state index is 5.94. The Labute approximate surface area is 127 Å². The fourth-order valence-electron chi connectivity index (χ4n) is 2.57. The van der Waals surface area contributed by atoms with E-state index in [0.717, 1.165) is 12.2 Å². The van der Waals surface area contributed by atoms with E-state index in [4.69, 9.17) is 10.5 Å². The summed E-state index contributed by atoms with van der Waals surface area (Å²) in [6, 6.07) is 14.7. The van der Waals surface area contributed by atoms with Crippen molar-refractivity contribution >= 4 is 0 Å². The van der Waals surface area contributed by atoms with E-state index in [9.17, 15) is 0 Å². The predicted molar refractivity (Wildman–Crippen MR) is 89.0 cm³/mol. The summed E-state index contributed by atoms with van der Waals surface area (Å²) in [5.74, 6) is 1.30. The Balaban J connectivity index is 1.95. The van der Waals surface area contributed by atoms with Crippen LogP contribution in [0.4, 0.5) is 0 Å². The number of aryl methyl sites for hydroxylation is 3. The molecule has 0 aliphatic carbocycles. The first-order chi connectivity index (χ1) is 10.1. The highest BCUT2D eigenvalue weighted by atomic mass is 16.5. The Hall–Kier alpha value is -1.80. The fourth-order valence-corrected chi connectivity index (χ4v) is 2.57. The van der Waals surface area contributed by atoms with Gasteiger partial charge in [-0.25, -0.2) is 0 Å². The van der Waals surface area contributed by atoms with E-state index in [1.807, 2.05) is 6.07 Å². The third-order valence-corrected chi connectivity index (χ3v) is 4.13. The summed E-state index contributed by atoms with van der Waals surface area (Å²) in [4.78, 5) is 0. The smallest absolute Gasteiger partial charge is 0.119 e. The van der Waals surface area contributed by atoms with Crippen molar-refractivity contribution in [2.75, 3.05) is 13.2 Å². The molecule has 0 heterocycles. The molecule has 0 spiro atoms. The van der Waals surface area contributed by atoms with Gasteiger partial charge in [0.25, 0.3) is 0 Å². The van der Waals surface area contributed by atoms with Gasteiger partial charge in [0.2, 0.25) is 0 Å². The lowest BCUT2D eigenvalue weighted by Crippen LogP contribution is -2.16. The molecule has 2 aromatic carbocycles. The Kier molecular flexibility index (Phi) is 5.40. The molecule has 0 saturated heterocycles. The topological polar surface area (TPSA) is 35.2 Å². The SMILES string of the molecule is Cc1ccc(OCCC(CN)c2ccccc2C)cc1C. The minimum Gasteiger partial charge on any atom is -0.494 e. The minimum absolute atomic E-state index is 0.359. The average molecular weight is 283 g/mol. The highest BCUT2D eigenvalue weighted by Crippen LogP contribution is 2.23. The molecule has 21 heavy (non-hydrogen) atoms. The summed E-state index contributed by atoms with van der Waals surface area (Å²) in [5.41, 5.74) is 11.1. The van der Waals surface area contributed by atoms with Gasteiger partial charge in [0.05, 0.1) is 6.61 Å². The zero-order chi connectivity index (χ0) is 15.2. The van der Waals surface area contributed by atoms with Gasteiger partial charge < -0.3 is 10.5 Å². The molecule has 0 fully saturated rings. The van der Waals surface area contributed by atoms with Gasteiger partial charge in [0, 0.05) is 0 Å². The number of hydrogen-bond donors (Lipinski definition) is 1. The van der Waals surface area contributed by atoms with E-state index in [2.05, 4.69) is 57.2 Å². The highest BCUT2D eigenvalue weighted by Gasteiger charge is 2.12. The molecule has 0 aromatic heterocycles. The second-order valence-corrected chi connectivity index (χ2v) is 5.67. The van der Waals surface area contributed by atoms with Crippen LogP contribution in [-0.4, -0.2) is 13.2 Å². The monoisotopic (exact) mass is 283 g/mol. The van der Waals surface area contributed by atoms with Crippen LogP contribution in [0.15, 0.2) is 42.5 Å². The molecule has 0 saturated carbocycles. The standard InChI is InChI=1S/C19H25NO/c1-14-8-9-18(12-16(14)3)21-11-10-17(13-20)19-7-5-4-6-15(19)2/h4-9,12,17H,10-11,13,20H2,1-3H3. The minimum atomic E-state index is 0.359. The molecule has 2 N–H and O–H groups in total. The van der Waals surface area contributed by atoms with Gasteiger partial charge in [-0.05, 0) is 74.0 Å². The van der Waals surface area contributed by atoms with Crippen molar-refractivity contribution in [3.05, 3.63) is 64.7 Å². The van der Waals surface area contributed by atoms with Gasteiger partial charge in [-0.2, -0.15) is 0 Å². The van der Waals surface area contributed by atoms with E-state index < -0.39 is 0 Å². The molecule has 0 bridgehead atoms. The van der Waals surface area contributed by atoms with Crippen molar-refractivity contribution in [3.63, 3.8) is 0 Å². The van der Waals surface area contributed by atoms with Crippen LogP contribution in [0.25, 0.3) is 0 Å². The van der Waals surface area contributed by atoms with Gasteiger partial charge in [0.15, 0.2) is 0 Å². The van der Waals surface area contributed by atoms with E-state index in [1.165, 1.54) is 22.3 Å². The van der Waals surface area contributed by atoms with Crippen molar-refractivity contribution in [1.29, 1.82) is 0 Å². The van der Waals surface area contributed by atoms with Gasteiger partial charge in [-0.3, -0.25) is 0 Å². The zero-order valence-electron chi connectivity index (χ0n) is 13.2. The molecule has 1 atom stereocenters. The number of nitrogens with two attached hydrogens (primary N) is 1. The largest absolute Gasteiger partial charge is 0.494 e. The van der Waals surface area contributed by atoms with Crippen LogP contribution >= 0.6 is 0 Å². The average Bonchev–Trinajstić information content (AvgIpc) is 2.48. The first-order valence-electron chi connectivity index (χ1n) is 7.57. The second-order valence-electron chi connectivity index (χ2n) is 5.67. The quantitative estimate of drug-likeness (QED) is 0.865. The van der Waals surface area contributed by atoms with E-state index >= 15 is 0 Å². The molecular formula is C19H25NO. The van der Waals surface area contributed by atoms with Crippen LogP contribution < -0.4 is 10.5 Å². The maximum Gasteiger partial charge on any atom is 0.119 e. The predicted octanol–water partition coefficient (Wildman–Crippen LogP) is 4.12. The van der Waals surface area contributed by atoms with E-state index in [-0.39, 0.29) is 0 Å². The van der Waals surface area contributed by atoms with Crippen molar-refractivity contribution < 1.29 is 4.74 Å². The van der Waals surface area contributed by atoms with Crippen LogP contribution in [0.1, 0.15) is 34.6 Å². The Morgan fingerprint density at radius 3 is 2.38 bits per heavy atom. The van der Waals surface area contributed by atoms with E-state index in [0.29, 0.717) is 19.1 Å². The normalized spacial score (nSPS) is 12.2. The Morgan fingerprint density at radius 2 is 1.71 bits per heavy atom. The van der Waals surface area contributed by atoms with Gasteiger partial charge in [-0.1, -0.05) is 30.3 Å². The summed E-state index contributed by atoms with van der Waals surface area (Å²) < 4.78 is 5.88. The van der Waals surface area contributed by atoms with Crippen LogP contribution in [0.3, 0.4) is 0 Å². The van der Waals surface area contributed by atoms with Crippen LogP contribution in [-0.2, 0) is 0 Å². The molecule has 2 nitrogen and oxygen atoms in total. The summed E-state index contributed by atoms with van der Waals surface area (Å²) in [6.07, 6.45) is 0.939. The molecule has 0 aliphatic rings. The number of hydrogen-bond acceptors (Lipinski definition) is 2. The molecule has 2 heteroatoms. The Morgan fingerprint density at radius 1 is 0.952 bits per heavy atom. The molecule has 2 rings (SSSR count). The summed E-state index contributed by atoms with van der Waals surface area (Å²) in [7, 11) is 0. The van der Waals surface area contributed by atoms with Crippen LogP contribution in [0, 0.1) is 20.8 Å². The Bertz CT molecular complexity index is 592. The molecule has 112 valence electrons. The molecule has 2 aromatic rings. The molecule has 1 unspecified atom stereocenters. The van der Waals surface area contributed by atoms with Gasteiger partial charge in [0.1, 0.15) is 5.75 Å². The summed E-state index contributed by atoms with van der Waals surface area (Å²) >= 11 is 0. The van der Waals surface area contributed by atoms with Crippen molar-refractivity contribution in [1.82, 2.24) is 0 Å². The molecular weight excluding hydrogens is 258 g/mol. The first kappa shape index (κ1) is 15.6. The molecule has 0 radical (unpaired) electrons. The van der Waals surface area contributed by atoms with Gasteiger partial charge >= 0.3 is 0 Å². The third kappa shape index (κ3) is 4.08. The van der Waals surface area contributed by atoms with Crippen molar-refractivity contribution in [2.45, 2.75) is 33.1 Å². The second kappa shape index (κ2) is 7.28. The van der Waals surface area contributed by atoms with Crippen molar-refractivity contribution in [3.8, 4) is 5.75 Å². The number of ether oxygens (including phenoxy) is 1. The van der Waals surface area contributed by atoms with Crippen LogP contribution in [0.5, 0.6) is 5.75 Å². The lowest BCUT2D eigenvalue weighted by molar-refractivity contribution is 0.298. The van der Waals surface area contributed by atoms with Gasteiger partial charge in [-0.15, -0.1) is 0 Å². The van der Waals surface area contributed by atoms with Crippen LogP contribution in [0.2, 0.25) is 0 Å².